The van der Waals surface area contributed by atoms with Crippen LogP contribution in [0, 0.1) is 0 Å². The molecule has 0 unspecified atom stereocenters. The number of amides is 1. The van der Waals surface area contributed by atoms with Crippen molar-refractivity contribution in [2.45, 2.75) is 51.9 Å². The molecule has 0 spiro atoms. The summed E-state index contributed by atoms with van der Waals surface area (Å²) < 4.78 is 5.38. The lowest BCUT2D eigenvalue weighted by Gasteiger charge is -2.07. The first-order valence-corrected chi connectivity index (χ1v) is 7.77. The van der Waals surface area contributed by atoms with Crippen molar-refractivity contribution >= 4 is 5.91 Å². The molecular weight excluding hydrogens is 250 g/mol. The van der Waals surface area contributed by atoms with E-state index in [2.05, 4.69) is 12.2 Å². The van der Waals surface area contributed by atoms with Gasteiger partial charge in [-0.2, -0.15) is 0 Å². The molecule has 112 valence electrons. The minimum Gasteiger partial charge on any atom is -0.484 e. The highest BCUT2D eigenvalue weighted by Gasteiger charge is 2.01. The van der Waals surface area contributed by atoms with Gasteiger partial charge in [0, 0.05) is 6.54 Å². The lowest BCUT2D eigenvalue weighted by atomic mass is 10.1. The van der Waals surface area contributed by atoms with Gasteiger partial charge in [-0.1, -0.05) is 63.6 Å². The molecule has 0 aliphatic heterocycles. The Kier molecular flexibility index (Phi) is 9.37. The van der Waals surface area contributed by atoms with E-state index in [9.17, 15) is 4.79 Å². The molecule has 1 N–H and O–H groups in total. The smallest absolute Gasteiger partial charge is 0.257 e. The van der Waals surface area contributed by atoms with E-state index < -0.39 is 0 Å². The number of rotatable bonds is 11. The minimum atomic E-state index is -0.0418. The van der Waals surface area contributed by atoms with E-state index in [0.29, 0.717) is 0 Å². The summed E-state index contributed by atoms with van der Waals surface area (Å²) in [6.45, 7) is 3.08. The van der Waals surface area contributed by atoms with Gasteiger partial charge in [0.25, 0.3) is 5.91 Å². The SMILES string of the molecule is CCCCCCCCCNC(=O)COc1ccccc1. The molecule has 0 heterocycles. The molecule has 3 nitrogen and oxygen atoms in total. The quantitative estimate of drug-likeness (QED) is 0.622. The number of benzene rings is 1. The highest BCUT2D eigenvalue weighted by molar-refractivity contribution is 5.77. The van der Waals surface area contributed by atoms with E-state index in [1.54, 1.807) is 0 Å². The number of para-hydroxylation sites is 1. The molecule has 1 amide bonds. The van der Waals surface area contributed by atoms with Crippen LogP contribution in [0.4, 0.5) is 0 Å². The van der Waals surface area contributed by atoms with Gasteiger partial charge in [0.05, 0.1) is 0 Å². The van der Waals surface area contributed by atoms with Crippen LogP contribution >= 0.6 is 0 Å². The van der Waals surface area contributed by atoms with Crippen molar-refractivity contribution in [2.75, 3.05) is 13.2 Å². The topological polar surface area (TPSA) is 38.3 Å². The van der Waals surface area contributed by atoms with Crippen LogP contribution in [0.15, 0.2) is 30.3 Å². The van der Waals surface area contributed by atoms with Gasteiger partial charge < -0.3 is 10.1 Å². The van der Waals surface area contributed by atoms with Crippen LogP contribution in [0.2, 0.25) is 0 Å². The van der Waals surface area contributed by atoms with E-state index in [-0.39, 0.29) is 12.5 Å². The summed E-state index contributed by atoms with van der Waals surface area (Å²) in [6, 6.07) is 9.41. The molecule has 1 aromatic rings. The van der Waals surface area contributed by atoms with Gasteiger partial charge in [-0.25, -0.2) is 0 Å². The zero-order valence-electron chi connectivity index (χ0n) is 12.6. The summed E-state index contributed by atoms with van der Waals surface area (Å²) >= 11 is 0. The Bertz CT molecular complexity index is 351. The van der Waals surface area contributed by atoms with Crippen LogP contribution in [0.3, 0.4) is 0 Å². The molecule has 20 heavy (non-hydrogen) atoms. The predicted octanol–water partition coefficient (Wildman–Crippen LogP) is 3.93. The standard InChI is InChI=1S/C17H27NO2/c1-2-3-4-5-6-7-11-14-18-17(19)15-20-16-12-9-8-10-13-16/h8-10,12-13H,2-7,11,14-15H2,1H3,(H,18,19). The maximum absolute atomic E-state index is 11.6. The summed E-state index contributed by atoms with van der Waals surface area (Å²) in [6.07, 6.45) is 8.82. The summed E-state index contributed by atoms with van der Waals surface area (Å²) in [4.78, 5) is 11.6. The molecule has 0 radical (unpaired) electrons. The van der Waals surface area contributed by atoms with E-state index in [1.807, 2.05) is 30.3 Å². The van der Waals surface area contributed by atoms with Crippen LogP contribution in [0.1, 0.15) is 51.9 Å². The molecule has 0 aromatic heterocycles. The molecular formula is C17H27NO2. The molecule has 0 aliphatic rings. The average Bonchev–Trinajstić information content (AvgIpc) is 2.49. The summed E-state index contributed by atoms with van der Waals surface area (Å²) in [5.41, 5.74) is 0. The number of carbonyl (C=O) groups is 1. The lowest BCUT2D eigenvalue weighted by Crippen LogP contribution is -2.29. The molecule has 0 bridgehead atoms. The van der Waals surface area contributed by atoms with Crippen LogP contribution in [0.25, 0.3) is 0 Å². The third-order valence-electron chi connectivity index (χ3n) is 3.22. The zero-order valence-corrected chi connectivity index (χ0v) is 12.6. The van der Waals surface area contributed by atoms with E-state index in [0.717, 1.165) is 18.7 Å². The fourth-order valence-electron chi connectivity index (χ4n) is 2.03. The monoisotopic (exact) mass is 277 g/mol. The van der Waals surface area contributed by atoms with Crippen molar-refractivity contribution in [1.29, 1.82) is 0 Å². The number of unbranched alkanes of at least 4 members (excludes halogenated alkanes) is 6. The van der Waals surface area contributed by atoms with Gasteiger partial charge in [-0.15, -0.1) is 0 Å². The summed E-state index contributed by atoms with van der Waals surface area (Å²) in [7, 11) is 0. The van der Waals surface area contributed by atoms with Crippen LogP contribution in [-0.2, 0) is 4.79 Å². The van der Waals surface area contributed by atoms with Crippen LogP contribution in [-0.4, -0.2) is 19.1 Å². The largest absolute Gasteiger partial charge is 0.484 e. The second-order valence-corrected chi connectivity index (χ2v) is 5.07. The molecule has 3 heteroatoms. The van der Waals surface area contributed by atoms with Crippen molar-refractivity contribution in [3.63, 3.8) is 0 Å². The second-order valence-electron chi connectivity index (χ2n) is 5.07. The highest BCUT2D eigenvalue weighted by Crippen LogP contribution is 2.08. The molecule has 1 aromatic carbocycles. The van der Waals surface area contributed by atoms with Crippen molar-refractivity contribution < 1.29 is 9.53 Å². The minimum absolute atomic E-state index is 0.0418. The van der Waals surface area contributed by atoms with Gasteiger partial charge in [-0.05, 0) is 18.6 Å². The molecule has 0 saturated heterocycles. The fraction of sp³-hybridized carbons (Fsp3) is 0.588. The van der Waals surface area contributed by atoms with Gasteiger partial charge in [-0.3, -0.25) is 4.79 Å². The Hall–Kier alpha value is -1.51. The third kappa shape index (κ3) is 8.57. The molecule has 0 fully saturated rings. The Labute approximate surface area is 122 Å². The first-order chi connectivity index (χ1) is 9.83. The van der Waals surface area contributed by atoms with Gasteiger partial charge in [0.1, 0.15) is 5.75 Å². The maximum Gasteiger partial charge on any atom is 0.257 e. The third-order valence-corrected chi connectivity index (χ3v) is 3.22. The van der Waals surface area contributed by atoms with Crippen LogP contribution < -0.4 is 10.1 Å². The molecule has 0 aliphatic carbocycles. The fourth-order valence-corrected chi connectivity index (χ4v) is 2.03. The molecule has 0 atom stereocenters. The summed E-state index contributed by atoms with van der Waals surface area (Å²) in [5.74, 6) is 0.693. The zero-order chi connectivity index (χ0) is 14.5. The van der Waals surface area contributed by atoms with Gasteiger partial charge in [0.15, 0.2) is 6.61 Å². The Morgan fingerprint density at radius 2 is 1.65 bits per heavy atom. The average molecular weight is 277 g/mol. The first-order valence-electron chi connectivity index (χ1n) is 7.77. The van der Waals surface area contributed by atoms with Gasteiger partial charge >= 0.3 is 0 Å². The van der Waals surface area contributed by atoms with Gasteiger partial charge in [0.2, 0.25) is 0 Å². The number of hydrogen-bond donors (Lipinski definition) is 1. The number of ether oxygens (including phenoxy) is 1. The number of carbonyl (C=O) groups excluding carboxylic acids is 1. The van der Waals surface area contributed by atoms with Crippen molar-refractivity contribution in [3.05, 3.63) is 30.3 Å². The number of nitrogens with one attached hydrogen (secondary N) is 1. The normalized spacial score (nSPS) is 10.2. The van der Waals surface area contributed by atoms with Crippen molar-refractivity contribution in [2.24, 2.45) is 0 Å². The van der Waals surface area contributed by atoms with E-state index in [1.165, 1.54) is 38.5 Å². The van der Waals surface area contributed by atoms with Crippen molar-refractivity contribution in [1.82, 2.24) is 5.32 Å². The predicted molar refractivity (Wildman–Crippen MR) is 82.9 cm³/mol. The maximum atomic E-state index is 11.6. The van der Waals surface area contributed by atoms with E-state index >= 15 is 0 Å². The molecule has 1 rings (SSSR count). The Morgan fingerprint density at radius 1 is 1.00 bits per heavy atom. The first kappa shape index (κ1) is 16.5. The van der Waals surface area contributed by atoms with Crippen molar-refractivity contribution in [3.8, 4) is 5.75 Å². The second kappa shape index (κ2) is 11.3. The van der Waals surface area contributed by atoms with Crippen LogP contribution in [0.5, 0.6) is 5.75 Å². The van der Waals surface area contributed by atoms with E-state index in [4.69, 9.17) is 4.74 Å². The Morgan fingerprint density at radius 3 is 2.35 bits per heavy atom. The summed E-state index contributed by atoms with van der Waals surface area (Å²) in [5, 5.41) is 2.89. The number of hydrogen-bond acceptors (Lipinski definition) is 2. The Balaban J connectivity index is 1.93. The lowest BCUT2D eigenvalue weighted by molar-refractivity contribution is -0.123. The molecule has 0 saturated carbocycles. The highest BCUT2D eigenvalue weighted by atomic mass is 16.5.